The van der Waals surface area contributed by atoms with Crippen LogP contribution in [0.3, 0.4) is 0 Å². The van der Waals surface area contributed by atoms with E-state index in [9.17, 15) is 9.59 Å². The second-order valence-electron chi connectivity index (χ2n) is 4.60. The van der Waals surface area contributed by atoms with Gasteiger partial charge >= 0.3 is 0 Å². The molecule has 1 aliphatic heterocycles. The summed E-state index contributed by atoms with van der Waals surface area (Å²) < 4.78 is 0. The van der Waals surface area contributed by atoms with Gasteiger partial charge in [-0.05, 0) is 32.2 Å². The van der Waals surface area contributed by atoms with Crippen molar-refractivity contribution in [2.45, 2.75) is 31.7 Å². The van der Waals surface area contributed by atoms with E-state index < -0.39 is 0 Å². The smallest absolute Gasteiger partial charge is 0.239 e. The number of carbonyl (C=O) groups excluding carboxylic acids is 2. The molecule has 1 unspecified atom stereocenters. The molecular weight excluding hydrogens is 206 g/mol. The van der Waals surface area contributed by atoms with E-state index in [4.69, 9.17) is 0 Å². The Morgan fingerprint density at radius 2 is 2.06 bits per heavy atom. The summed E-state index contributed by atoms with van der Waals surface area (Å²) >= 11 is 0. The van der Waals surface area contributed by atoms with Crippen LogP contribution in [-0.4, -0.2) is 37.5 Å². The summed E-state index contributed by atoms with van der Waals surface area (Å²) in [5.74, 6) is -0.0414. The van der Waals surface area contributed by atoms with Crippen LogP contribution in [0.5, 0.6) is 0 Å². The molecule has 0 bridgehead atoms. The van der Waals surface area contributed by atoms with Crippen molar-refractivity contribution >= 4 is 11.8 Å². The van der Waals surface area contributed by atoms with Crippen LogP contribution in [0.4, 0.5) is 0 Å². The number of hydrogen-bond acceptors (Lipinski definition) is 3. The Balaban J connectivity index is 1.63. The Morgan fingerprint density at radius 3 is 2.69 bits per heavy atom. The van der Waals surface area contributed by atoms with Crippen LogP contribution in [0.1, 0.15) is 25.7 Å². The van der Waals surface area contributed by atoms with Crippen molar-refractivity contribution < 1.29 is 9.59 Å². The number of carbonyl (C=O) groups is 2. The largest absolute Gasteiger partial charge is 0.352 e. The second kappa shape index (κ2) is 5.30. The highest BCUT2D eigenvalue weighted by Gasteiger charge is 2.24. The maximum absolute atomic E-state index is 11.7. The Labute approximate surface area is 95.3 Å². The first kappa shape index (κ1) is 11.4. The molecule has 3 N–H and O–H groups in total. The van der Waals surface area contributed by atoms with E-state index in [1.165, 1.54) is 0 Å². The Hall–Kier alpha value is -1.10. The van der Waals surface area contributed by atoms with Crippen LogP contribution in [0.25, 0.3) is 0 Å². The summed E-state index contributed by atoms with van der Waals surface area (Å²) in [5.41, 5.74) is 0. The number of rotatable bonds is 4. The Morgan fingerprint density at radius 1 is 1.25 bits per heavy atom. The van der Waals surface area contributed by atoms with Crippen molar-refractivity contribution in [3.63, 3.8) is 0 Å². The minimum atomic E-state index is -0.0698. The van der Waals surface area contributed by atoms with Gasteiger partial charge in [-0.25, -0.2) is 0 Å². The lowest BCUT2D eigenvalue weighted by atomic mass is 9.99. The fourth-order valence-corrected chi connectivity index (χ4v) is 1.89. The normalized spacial score (nSPS) is 24.9. The lowest BCUT2D eigenvalue weighted by Gasteiger charge is -2.21. The monoisotopic (exact) mass is 225 g/mol. The number of piperidine rings is 1. The molecule has 5 nitrogen and oxygen atoms in total. The first-order valence-electron chi connectivity index (χ1n) is 6.03. The quantitative estimate of drug-likeness (QED) is 0.597. The third kappa shape index (κ3) is 3.48. The lowest BCUT2D eigenvalue weighted by Crippen LogP contribution is -2.44. The molecule has 0 radical (unpaired) electrons. The average Bonchev–Trinajstić information content (AvgIpc) is 3.11. The van der Waals surface area contributed by atoms with Crippen molar-refractivity contribution in [2.75, 3.05) is 19.6 Å². The van der Waals surface area contributed by atoms with Crippen molar-refractivity contribution in [1.82, 2.24) is 16.0 Å². The van der Waals surface area contributed by atoms with Gasteiger partial charge in [-0.1, -0.05) is 0 Å². The van der Waals surface area contributed by atoms with Gasteiger partial charge in [0.2, 0.25) is 11.8 Å². The number of hydrogen-bond donors (Lipinski definition) is 3. The van der Waals surface area contributed by atoms with Crippen LogP contribution in [0.2, 0.25) is 0 Å². The predicted octanol–water partition coefficient (Wildman–Crippen LogP) is -0.619. The summed E-state index contributed by atoms with van der Waals surface area (Å²) in [6.45, 7) is 1.84. The second-order valence-corrected chi connectivity index (χ2v) is 4.60. The molecular formula is C11H19N3O2. The maximum Gasteiger partial charge on any atom is 0.239 e. The predicted molar refractivity (Wildman–Crippen MR) is 59.8 cm³/mol. The average molecular weight is 225 g/mol. The van der Waals surface area contributed by atoms with Gasteiger partial charge in [-0.3, -0.25) is 9.59 Å². The van der Waals surface area contributed by atoms with Gasteiger partial charge < -0.3 is 16.0 Å². The van der Waals surface area contributed by atoms with Crippen molar-refractivity contribution in [1.29, 1.82) is 0 Å². The summed E-state index contributed by atoms with van der Waals surface area (Å²) in [4.78, 5) is 23.0. The van der Waals surface area contributed by atoms with Crippen molar-refractivity contribution in [2.24, 2.45) is 5.92 Å². The van der Waals surface area contributed by atoms with Crippen molar-refractivity contribution in [3.05, 3.63) is 0 Å². The van der Waals surface area contributed by atoms with Gasteiger partial charge in [0.1, 0.15) is 0 Å². The van der Waals surface area contributed by atoms with Gasteiger partial charge in [0, 0.05) is 12.6 Å². The molecule has 16 heavy (non-hydrogen) atoms. The standard InChI is InChI=1S/C11H19N3O2/c15-10(14-9-3-4-9)7-13-11(16)8-2-1-5-12-6-8/h8-9,12H,1-7H2,(H,13,16)(H,14,15). The van der Waals surface area contributed by atoms with E-state index in [1.54, 1.807) is 0 Å². The minimum Gasteiger partial charge on any atom is -0.352 e. The molecule has 2 rings (SSSR count). The third-order valence-electron chi connectivity index (χ3n) is 3.03. The summed E-state index contributed by atoms with van der Waals surface area (Å²) in [6.07, 6.45) is 4.11. The zero-order chi connectivity index (χ0) is 11.4. The van der Waals surface area contributed by atoms with Crippen LogP contribution in [0.15, 0.2) is 0 Å². The molecule has 0 aromatic heterocycles. The molecule has 0 spiro atoms. The number of amides is 2. The van der Waals surface area contributed by atoms with Gasteiger partial charge in [0.25, 0.3) is 0 Å². The van der Waals surface area contributed by atoms with Crippen LogP contribution in [0, 0.1) is 5.92 Å². The van der Waals surface area contributed by atoms with Crippen LogP contribution in [-0.2, 0) is 9.59 Å². The topological polar surface area (TPSA) is 70.2 Å². The molecule has 1 saturated heterocycles. The molecule has 2 aliphatic rings. The highest BCUT2D eigenvalue weighted by Crippen LogP contribution is 2.18. The fourth-order valence-electron chi connectivity index (χ4n) is 1.89. The van der Waals surface area contributed by atoms with E-state index in [1.807, 2.05) is 0 Å². The molecule has 0 aromatic carbocycles. The van der Waals surface area contributed by atoms with Crippen molar-refractivity contribution in [3.8, 4) is 0 Å². The maximum atomic E-state index is 11.7. The minimum absolute atomic E-state index is 0.00172. The first-order valence-corrected chi connectivity index (χ1v) is 6.03. The van der Waals surface area contributed by atoms with Gasteiger partial charge in [-0.15, -0.1) is 0 Å². The molecule has 2 fully saturated rings. The number of nitrogens with one attached hydrogen (secondary N) is 3. The molecule has 2 amide bonds. The van der Waals surface area contributed by atoms with Crippen LogP contribution >= 0.6 is 0 Å². The molecule has 1 atom stereocenters. The molecule has 5 heteroatoms. The van der Waals surface area contributed by atoms with E-state index >= 15 is 0 Å². The zero-order valence-corrected chi connectivity index (χ0v) is 9.42. The molecule has 90 valence electrons. The fraction of sp³-hybridized carbons (Fsp3) is 0.818. The van der Waals surface area contributed by atoms with E-state index in [-0.39, 0.29) is 24.3 Å². The Kier molecular flexibility index (Phi) is 3.77. The van der Waals surface area contributed by atoms with Gasteiger partial charge in [0.15, 0.2) is 0 Å². The Bertz CT molecular complexity index is 270. The van der Waals surface area contributed by atoms with Gasteiger partial charge in [0.05, 0.1) is 12.5 Å². The van der Waals surface area contributed by atoms with E-state index in [0.29, 0.717) is 6.04 Å². The third-order valence-corrected chi connectivity index (χ3v) is 3.03. The van der Waals surface area contributed by atoms with E-state index in [2.05, 4.69) is 16.0 Å². The summed E-state index contributed by atoms with van der Waals surface area (Å²) in [6, 6.07) is 0.362. The SMILES string of the molecule is O=C(CNC(=O)C1CCCNC1)NC1CC1. The lowest BCUT2D eigenvalue weighted by molar-refractivity contribution is -0.129. The van der Waals surface area contributed by atoms with E-state index in [0.717, 1.165) is 38.8 Å². The molecule has 1 saturated carbocycles. The molecule has 0 aromatic rings. The summed E-state index contributed by atoms with van der Waals surface area (Å²) in [5, 5.41) is 8.72. The zero-order valence-electron chi connectivity index (χ0n) is 9.42. The highest BCUT2D eigenvalue weighted by atomic mass is 16.2. The molecule has 1 heterocycles. The van der Waals surface area contributed by atoms with Gasteiger partial charge in [-0.2, -0.15) is 0 Å². The first-order chi connectivity index (χ1) is 7.75. The molecule has 1 aliphatic carbocycles. The summed E-state index contributed by atoms with van der Waals surface area (Å²) in [7, 11) is 0. The highest BCUT2D eigenvalue weighted by molar-refractivity contribution is 5.86. The van der Waals surface area contributed by atoms with Crippen LogP contribution < -0.4 is 16.0 Å².